The van der Waals surface area contributed by atoms with Crippen LogP contribution in [0.1, 0.15) is 35.3 Å². The van der Waals surface area contributed by atoms with E-state index in [4.69, 9.17) is 5.73 Å². The second-order valence-electron chi connectivity index (χ2n) is 6.31. The van der Waals surface area contributed by atoms with Gasteiger partial charge in [0.05, 0.1) is 17.1 Å². The second-order valence-corrected chi connectivity index (χ2v) is 6.87. The van der Waals surface area contributed by atoms with Gasteiger partial charge in [0, 0.05) is 18.5 Å². The van der Waals surface area contributed by atoms with E-state index in [-0.39, 0.29) is 6.04 Å². The van der Waals surface area contributed by atoms with Crippen molar-refractivity contribution >= 4 is 35.4 Å². The van der Waals surface area contributed by atoms with Crippen LogP contribution in [0.5, 0.6) is 0 Å². The van der Waals surface area contributed by atoms with E-state index in [1.54, 1.807) is 12.1 Å². The Kier molecular flexibility index (Phi) is 6.26. The molecule has 3 rings (SSSR count). The molecule has 140 valence electrons. The van der Waals surface area contributed by atoms with Crippen molar-refractivity contribution in [3.63, 3.8) is 0 Å². The lowest BCUT2D eigenvalue weighted by Gasteiger charge is -2.25. The largest absolute Gasteiger partial charge is 0.366 e. The summed E-state index contributed by atoms with van der Waals surface area (Å²) in [6.45, 7) is 3.70. The van der Waals surface area contributed by atoms with E-state index in [1.165, 1.54) is 6.33 Å². The van der Waals surface area contributed by atoms with Crippen LogP contribution in [0.3, 0.4) is 0 Å². The van der Waals surface area contributed by atoms with E-state index in [0.29, 0.717) is 23.4 Å². The highest BCUT2D eigenvalue weighted by atomic mass is 32.1. The smallest absolute Gasteiger partial charge is 0.250 e. The summed E-state index contributed by atoms with van der Waals surface area (Å²) in [7, 11) is 0. The minimum absolute atomic E-state index is 0.0226. The molecular weight excluding hydrogens is 358 g/mol. The quantitative estimate of drug-likeness (QED) is 0.521. The van der Waals surface area contributed by atoms with Crippen LogP contribution in [0.15, 0.2) is 54.9 Å². The number of carbonyl (C=O) groups is 1. The predicted octanol–water partition coefficient (Wildman–Crippen LogP) is 3.44. The maximum Gasteiger partial charge on any atom is 0.250 e. The molecule has 2 aromatic carbocycles. The molecule has 3 aromatic rings. The summed E-state index contributed by atoms with van der Waals surface area (Å²) >= 11 is 4.58. The van der Waals surface area contributed by atoms with Gasteiger partial charge in [0.25, 0.3) is 5.91 Å². The number of nitrogens with zero attached hydrogens (tertiary/aromatic N) is 3. The van der Waals surface area contributed by atoms with Crippen molar-refractivity contribution < 1.29 is 4.79 Å². The highest BCUT2D eigenvalue weighted by Crippen LogP contribution is 2.26. The number of rotatable bonds is 8. The van der Waals surface area contributed by atoms with Crippen molar-refractivity contribution in [1.82, 2.24) is 14.3 Å². The summed E-state index contributed by atoms with van der Waals surface area (Å²) in [5, 5.41) is 4.26. The van der Waals surface area contributed by atoms with E-state index < -0.39 is 5.91 Å². The van der Waals surface area contributed by atoms with Crippen LogP contribution in [0.4, 0.5) is 5.82 Å². The molecule has 0 radical (unpaired) electrons. The van der Waals surface area contributed by atoms with Gasteiger partial charge in [-0.2, -0.15) is 0 Å². The summed E-state index contributed by atoms with van der Waals surface area (Å²) in [5.74, 6) is 0.157. The summed E-state index contributed by atoms with van der Waals surface area (Å²) in [6.07, 6.45) is 2.47. The Morgan fingerprint density at radius 1 is 1.19 bits per heavy atom. The van der Waals surface area contributed by atoms with Gasteiger partial charge < -0.3 is 11.1 Å². The van der Waals surface area contributed by atoms with E-state index in [0.717, 1.165) is 23.9 Å². The number of nitrogens with one attached hydrogen (secondary N) is 1. The molecule has 0 spiro atoms. The minimum atomic E-state index is -0.505. The van der Waals surface area contributed by atoms with Crippen molar-refractivity contribution in [3.8, 4) is 0 Å². The van der Waals surface area contributed by atoms with Crippen LogP contribution in [0.25, 0.3) is 10.9 Å². The summed E-state index contributed by atoms with van der Waals surface area (Å²) in [6, 6.07) is 15.5. The number of anilines is 1. The summed E-state index contributed by atoms with van der Waals surface area (Å²) in [4.78, 5) is 20.4. The molecule has 1 aromatic heterocycles. The molecule has 0 unspecified atom stereocenters. The molecule has 27 heavy (non-hydrogen) atoms. The number of hydrogen-bond acceptors (Lipinski definition) is 6. The molecule has 0 saturated heterocycles. The number of amides is 1. The molecule has 1 amide bonds. The zero-order valence-electron chi connectivity index (χ0n) is 15.2. The first kappa shape index (κ1) is 19.1. The zero-order chi connectivity index (χ0) is 19.2. The average molecular weight is 382 g/mol. The molecule has 1 atom stereocenters. The number of carbonyl (C=O) groups excluding carboxylic acids is 1. The number of hydrogen-bond donors (Lipinski definition) is 3. The third-order valence-electron chi connectivity index (χ3n) is 4.32. The van der Waals surface area contributed by atoms with Crippen LogP contribution in [0.2, 0.25) is 0 Å². The molecule has 0 aliphatic carbocycles. The fraction of sp³-hybridized carbons (Fsp3) is 0.250. The van der Waals surface area contributed by atoms with Gasteiger partial charge in [-0.05, 0) is 24.1 Å². The number of fused-ring (bicyclic) bond motifs is 1. The molecule has 3 N–H and O–H groups in total. The first-order chi connectivity index (χ1) is 13.1. The predicted molar refractivity (Wildman–Crippen MR) is 112 cm³/mol. The molecule has 0 aliphatic rings. The van der Waals surface area contributed by atoms with Crippen LogP contribution in [0, 0.1) is 0 Å². The summed E-state index contributed by atoms with van der Waals surface area (Å²) in [5.41, 5.74) is 7.55. The molecular formula is C20H23N5OS. The van der Waals surface area contributed by atoms with Crippen molar-refractivity contribution in [1.29, 1.82) is 0 Å². The van der Waals surface area contributed by atoms with Crippen molar-refractivity contribution in [2.75, 3.05) is 18.4 Å². The van der Waals surface area contributed by atoms with Crippen molar-refractivity contribution in [3.05, 3.63) is 66.0 Å². The normalized spacial score (nSPS) is 12.3. The monoisotopic (exact) mass is 381 g/mol. The number of benzene rings is 2. The fourth-order valence-electron chi connectivity index (χ4n) is 3.05. The number of aromatic nitrogens is 2. The maximum atomic E-state index is 11.7. The van der Waals surface area contributed by atoms with Crippen LogP contribution in [-0.4, -0.2) is 33.3 Å². The molecule has 0 bridgehead atoms. The van der Waals surface area contributed by atoms with E-state index >= 15 is 0 Å². The number of nitrogens with two attached hydrogens (primary N) is 1. The van der Waals surface area contributed by atoms with Crippen LogP contribution < -0.4 is 11.1 Å². The molecule has 7 heteroatoms. The third kappa shape index (κ3) is 4.56. The Morgan fingerprint density at radius 2 is 1.96 bits per heavy atom. The van der Waals surface area contributed by atoms with Crippen molar-refractivity contribution in [2.45, 2.75) is 19.4 Å². The van der Waals surface area contributed by atoms with Gasteiger partial charge in [-0.15, -0.1) is 0 Å². The summed E-state index contributed by atoms with van der Waals surface area (Å²) < 4.78 is 1.99. The lowest BCUT2D eigenvalue weighted by molar-refractivity contribution is 0.100. The molecule has 1 heterocycles. The number of para-hydroxylation sites is 1. The standard InChI is InChI=1S/C20H23N5OS/c1-2-11-25(27)12-17(14-7-4-3-5-8-14)24-20-16-10-6-9-15(19(21)26)18(16)22-13-23-20/h3-10,13,17,27H,2,11-12H2,1H3,(H2,21,26)(H,22,23,24)/t17-/m1/s1. The third-order valence-corrected chi connectivity index (χ3v) is 4.68. The average Bonchev–Trinajstić information content (AvgIpc) is 2.68. The highest BCUT2D eigenvalue weighted by Gasteiger charge is 2.17. The van der Waals surface area contributed by atoms with Gasteiger partial charge >= 0.3 is 0 Å². The first-order valence-corrected chi connectivity index (χ1v) is 9.29. The van der Waals surface area contributed by atoms with Crippen LogP contribution in [-0.2, 0) is 0 Å². The number of primary amides is 1. The van der Waals surface area contributed by atoms with E-state index in [2.05, 4.69) is 47.2 Å². The lowest BCUT2D eigenvalue weighted by Crippen LogP contribution is -2.26. The Labute approximate surface area is 164 Å². The lowest BCUT2D eigenvalue weighted by atomic mass is 10.1. The Hall–Kier alpha value is -2.64. The SMILES string of the molecule is CCCN(S)C[C@@H](Nc1ncnc2c(C(N)=O)cccc12)c1ccccc1. The second kappa shape index (κ2) is 8.83. The van der Waals surface area contributed by atoms with Gasteiger partial charge in [0.1, 0.15) is 12.1 Å². The van der Waals surface area contributed by atoms with Gasteiger partial charge in [-0.25, -0.2) is 9.97 Å². The zero-order valence-corrected chi connectivity index (χ0v) is 16.1. The first-order valence-electron chi connectivity index (χ1n) is 8.89. The minimum Gasteiger partial charge on any atom is -0.366 e. The maximum absolute atomic E-state index is 11.7. The highest BCUT2D eigenvalue weighted by molar-refractivity contribution is 7.77. The molecule has 6 nitrogen and oxygen atoms in total. The van der Waals surface area contributed by atoms with Crippen molar-refractivity contribution in [2.24, 2.45) is 5.73 Å². The van der Waals surface area contributed by atoms with Gasteiger partial charge in [-0.3, -0.25) is 9.10 Å². The van der Waals surface area contributed by atoms with E-state index in [1.807, 2.05) is 28.6 Å². The van der Waals surface area contributed by atoms with E-state index in [9.17, 15) is 4.79 Å². The molecule has 0 aliphatic heterocycles. The van der Waals surface area contributed by atoms with Gasteiger partial charge in [-0.1, -0.05) is 56.1 Å². The molecule has 0 saturated carbocycles. The Bertz CT molecular complexity index is 919. The Balaban J connectivity index is 1.98. The van der Waals surface area contributed by atoms with Crippen LogP contribution >= 0.6 is 12.8 Å². The Morgan fingerprint density at radius 3 is 2.67 bits per heavy atom. The van der Waals surface area contributed by atoms with Gasteiger partial charge in [0.15, 0.2) is 0 Å². The topological polar surface area (TPSA) is 84.1 Å². The molecule has 0 fully saturated rings. The number of thiol groups is 1. The van der Waals surface area contributed by atoms with Gasteiger partial charge in [0.2, 0.25) is 0 Å². The fourth-order valence-corrected chi connectivity index (χ4v) is 3.41.